The first-order chi connectivity index (χ1) is 9.47. The highest BCUT2D eigenvalue weighted by Gasteiger charge is 2.28. The Balaban J connectivity index is 0.00000220. The summed E-state index contributed by atoms with van der Waals surface area (Å²) in [5.74, 6) is 0.294. The molecule has 1 fully saturated rings. The van der Waals surface area contributed by atoms with Crippen molar-refractivity contribution in [3.8, 4) is 0 Å². The van der Waals surface area contributed by atoms with E-state index in [0.29, 0.717) is 21.5 Å². The van der Waals surface area contributed by atoms with Crippen molar-refractivity contribution in [2.45, 2.75) is 13.0 Å². The Kier molecular flexibility index (Phi) is 7.24. The van der Waals surface area contributed by atoms with Gasteiger partial charge in [-0.05, 0) is 42.8 Å². The predicted molar refractivity (Wildman–Crippen MR) is 87.2 cm³/mol. The van der Waals surface area contributed by atoms with Crippen molar-refractivity contribution in [2.75, 3.05) is 19.6 Å². The van der Waals surface area contributed by atoms with Crippen LogP contribution in [0.1, 0.15) is 18.6 Å². The van der Waals surface area contributed by atoms with Crippen LogP contribution in [0, 0.1) is 11.8 Å². The summed E-state index contributed by atoms with van der Waals surface area (Å²) in [6.45, 7) is 3.81. The second kappa shape index (κ2) is 8.20. The maximum atomic E-state index is 11.9. The quantitative estimate of drug-likeness (QED) is 0.762. The van der Waals surface area contributed by atoms with Crippen LogP contribution in [-0.4, -0.2) is 30.6 Å². The van der Waals surface area contributed by atoms with Gasteiger partial charge in [0.1, 0.15) is 0 Å². The molecule has 1 heterocycles. The van der Waals surface area contributed by atoms with Crippen LogP contribution in [-0.2, 0) is 4.79 Å². The molecule has 1 amide bonds. The molecule has 2 unspecified atom stereocenters. The molecule has 1 aromatic rings. The van der Waals surface area contributed by atoms with E-state index >= 15 is 0 Å². The molecule has 0 radical (unpaired) electrons. The SMILES string of the molecule is CC(C(=O)NCC(O)c1cc(Cl)cc(Cl)c1)C1CNC1.Cl. The van der Waals surface area contributed by atoms with Gasteiger partial charge in [0.25, 0.3) is 0 Å². The van der Waals surface area contributed by atoms with Gasteiger partial charge < -0.3 is 15.7 Å². The molecule has 21 heavy (non-hydrogen) atoms. The van der Waals surface area contributed by atoms with Crippen LogP contribution in [0.5, 0.6) is 0 Å². The molecule has 0 saturated carbocycles. The first kappa shape index (κ1) is 18.5. The summed E-state index contributed by atoms with van der Waals surface area (Å²) in [5.41, 5.74) is 0.598. The highest BCUT2D eigenvalue weighted by molar-refractivity contribution is 6.34. The number of halogens is 3. The van der Waals surface area contributed by atoms with Gasteiger partial charge in [-0.3, -0.25) is 4.79 Å². The molecule has 118 valence electrons. The number of hydrogen-bond acceptors (Lipinski definition) is 3. The highest BCUT2D eigenvalue weighted by atomic mass is 35.5. The molecule has 0 aliphatic carbocycles. The third-order valence-corrected chi connectivity index (χ3v) is 4.11. The summed E-state index contributed by atoms with van der Waals surface area (Å²) in [7, 11) is 0. The lowest BCUT2D eigenvalue weighted by Crippen LogP contribution is -2.50. The molecule has 2 atom stereocenters. The van der Waals surface area contributed by atoms with Crippen molar-refractivity contribution >= 4 is 41.5 Å². The maximum absolute atomic E-state index is 11.9. The first-order valence-corrected chi connectivity index (χ1v) is 7.35. The lowest BCUT2D eigenvalue weighted by molar-refractivity contribution is -0.127. The number of hydrogen-bond donors (Lipinski definition) is 3. The zero-order valence-electron chi connectivity index (χ0n) is 11.6. The molecule has 0 spiro atoms. The molecule has 3 N–H and O–H groups in total. The van der Waals surface area contributed by atoms with E-state index in [4.69, 9.17) is 23.2 Å². The number of rotatable bonds is 5. The van der Waals surface area contributed by atoms with Crippen molar-refractivity contribution in [2.24, 2.45) is 11.8 Å². The summed E-state index contributed by atoms with van der Waals surface area (Å²) in [4.78, 5) is 11.9. The fourth-order valence-corrected chi connectivity index (χ4v) is 2.67. The minimum absolute atomic E-state index is 0. The highest BCUT2D eigenvalue weighted by Crippen LogP contribution is 2.23. The Hall–Kier alpha value is -0.520. The monoisotopic (exact) mass is 352 g/mol. The van der Waals surface area contributed by atoms with Gasteiger partial charge in [0.05, 0.1) is 6.10 Å². The van der Waals surface area contributed by atoms with E-state index in [1.54, 1.807) is 18.2 Å². The van der Waals surface area contributed by atoms with E-state index in [2.05, 4.69) is 10.6 Å². The number of benzene rings is 1. The van der Waals surface area contributed by atoms with E-state index in [1.165, 1.54) is 0 Å². The van der Waals surface area contributed by atoms with Crippen LogP contribution >= 0.6 is 35.6 Å². The topological polar surface area (TPSA) is 61.4 Å². The van der Waals surface area contributed by atoms with Gasteiger partial charge in [-0.15, -0.1) is 12.4 Å². The lowest BCUT2D eigenvalue weighted by Gasteiger charge is -2.31. The molecule has 2 rings (SSSR count). The predicted octanol–water partition coefficient (Wildman–Crippen LogP) is 2.42. The van der Waals surface area contributed by atoms with Gasteiger partial charge in [-0.2, -0.15) is 0 Å². The number of aliphatic hydroxyl groups excluding tert-OH is 1. The average Bonchev–Trinajstić information content (AvgIpc) is 2.32. The Morgan fingerprint density at radius 1 is 1.38 bits per heavy atom. The summed E-state index contributed by atoms with van der Waals surface area (Å²) in [6.07, 6.45) is -0.818. The smallest absolute Gasteiger partial charge is 0.223 e. The molecule has 1 aliphatic heterocycles. The van der Waals surface area contributed by atoms with E-state index < -0.39 is 6.10 Å². The molecular formula is C14H19Cl3N2O2. The van der Waals surface area contributed by atoms with Crippen molar-refractivity contribution in [1.29, 1.82) is 0 Å². The van der Waals surface area contributed by atoms with Crippen molar-refractivity contribution < 1.29 is 9.90 Å². The summed E-state index contributed by atoms with van der Waals surface area (Å²) in [6, 6.07) is 4.89. The Bertz CT molecular complexity index is 475. The lowest BCUT2D eigenvalue weighted by atomic mass is 9.88. The van der Waals surface area contributed by atoms with Crippen LogP contribution in [0.25, 0.3) is 0 Å². The Morgan fingerprint density at radius 3 is 2.43 bits per heavy atom. The zero-order valence-corrected chi connectivity index (χ0v) is 13.9. The molecule has 4 nitrogen and oxygen atoms in total. The van der Waals surface area contributed by atoms with E-state index in [-0.39, 0.29) is 30.8 Å². The van der Waals surface area contributed by atoms with Gasteiger partial charge in [0.15, 0.2) is 0 Å². The zero-order chi connectivity index (χ0) is 14.7. The number of carbonyl (C=O) groups is 1. The molecule has 0 bridgehead atoms. The second-order valence-electron chi connectivity index (χ2n) is 5.17. The van der Waals surface area contributed by atoms with Gasteiger partial charge >= 0.3 is 0 Å². The van der Waals surface area contributed by atoms with Gasteiger partial charge in [0, 0.05) is 22.5 Å². The third-order valence-electron chi connectivity index (χ3n) is 3.67. The Morgan fingerprint density at radius 2 is 1.95 bits per heavy atom. The van der Waals surface area contributed by atoms with E-state index in [1.807, 2.05) is 6.92 Å². The molecule has 1 aromatic carbocycles. The van der Waals surface area contributed by atoms with Crippen LogP contribution in [0.2, 0.25) is 10.0 Å². The van der Waals surface area contributed by atoms with Crippen LogP contribution in [0.3, 0.4) is 0 Å². The van der Waals surface area contributed by atoms with E-state index in [0.717, 1.165) is 13.1 Å². The second-order valence-corrected chi connectivity index (χ2v) is 6.04. The first-order valence-electron chi connectivity index (χ1n) is 6.60. The summed E-state index contributed by atoms with van der Waals surface area (Å²) < 4.78 is 0. The molecule has 1 aliphatic rings. The van der Waals surface area contributed by atoms with Gasteiger partial charge in [-0.1, -0.05) is 30.1 Å². The molecule has 0 aromatic heterocycles. The van der Waals surface area contributed by atoms with E-state index in [9.17, 15) is 9.90 Å². The molecule has 1 saturated heterocycles. The minimum Gasteiger partial charge on any atom is -0.387 e. The van der Waals surface area contributed by atoms with Gasteiger partial charge in [-0.25, -0.2) is 0 Å². The van der Waals surface area contributed by atoms with Crippen LogP contribution in [0.15, 0.2) is 18.2 Å². The summed E-state index contributed by atoms with van der Waals surface area (Å²) >= 11 is 11.8. The fraction of sp³-hybridized carbons (Fsp3) is 0.500. The van der Waals surface area contributed by atoms with Crippen molar-refractivity contribution in [3.05, 3.63) is 33.8 Å². The van der Waals surface area contributed by atoms with Crippen LogP contribution < -0.4 is 10.6 Å². The Labute approximate surface area is 140 Å². The molecular weight excluding hydrogens is 335 g/mol. The van der Waals surface area contributed by atoms with Crippen molar-refractivity contribution in [3.63, 3.8) is 0 Å². The number of carbonyl (C=O) groups excluding carboxylic acids is 1. The number of amides is 1. The third kappa shape index (κ3) is 5.01. The van der Waals surface area contributed by atoms with Crippen molar-refractivity contribution in [1.82, 2.24) is 10.6 Å². The fourth-order valence-electron chi connectivity index (χ4n) is 2.12. The van der Waals surface area contributed by atoms with Gasteiger partial charge in [0.2, 0.25) is 5.91 Å². The number of nitrogens with one attached hydrogen (secondary N) is 2. The largest absolute Gasteiger partial charge is 0.387 e. The standard InChI is InChI=1S/C14H18Cl2N2O2.ClH/c1-8(10-5-17-6-10)14(20)18-7-13(19)9-2-11(15)4-12(16)3-9;/h2-4,8,10,13,17,19H,5-7H2,1H3,(H,18,20);1H. The normalized spacial score (nSPS) is 17.3. The average molecular weight is 354 g/mol. The maximum Gasteiger partial charge on any atom is 0.223 e. The summed E-state index contributed by atoms with van der Waals surface area (Å²) in [5, 5.41) is 16.9. The number of aliphatic hydroxyl groups is 1. The van der Waals surface area contributed by atoms with Crippen LogP contribution in [0.4, 0.5) is 0 Å². The minimum atomic E-state index is -0.818. The molecule has 7 heteroatoms.